The van der Waals surface area contributed by atoms with Gasteiger partial charge in [-0.2, -0.15) is 0 Å². The van der Waals surface area contributed by atoms with Crippen molar-refractivity contribution in [2.75, 3.05) is 12.0 Å². The highest BCUT2D eigenvalue weighted by Gasteiger charge is 2.41. The molecular formula is C31H26N4O2S. The molecule has 38 heavy (non-hydrogen) atoms. The first-order valence-corrected chi connectivity index (χ1v) is 12.8. The number of hydrogen-bond acceptors (Lipinski definition) is 4. The van der Waals surface area contributed by atoms with E-state index in [1.54, 1.807) is 7.11 Å². The Morgan fingerprint density at radius 3 is 2.13 bits per heavy atom. The quantitative estimate of drug-likeness (QED) is 0.238. The van der Waals surface area contributed by atoms with E-state index >= 15 is 0 Å². The second-order valence-electron chi connectivity index (χ2n) is 8.96. The van der Waals surface area contributed by atoms with Crippen molar-refractivity contribution in [1.29, 1.82) is 0 Å². The predicted molar refractivity (Wildman–Crippen MR) is 153 cm³/mol. The summed E-state index contributed by atoms with van der Waals surface area (Å²) in [4.78, 5) is 6.82. The van der Waals surface area contributed by atoms with Gasteiger partial charge in [-0.1, -0.05) is 24.3 Å². The van der Waals surface area contributed by atoms with Crippen LogP contribution in [0.2, 0.25) is 0 Å². The fourth-order valence-corrected chi connectivity index (χ4v) is 5.12. The van der Waals surface area contributed by atoms with Gasteiger partial charge in [-0.15, -0.1) is 0 Å². The molecule has 1 aliphatic rings. The molecule has 3 heterocycles. The third-order valence-electron chi connectivity index (χ3n) is 6.62. The zero-order valence-corrected chi connectivity index (χ0v) is 21.6. The number of nitrogens with zero attached hydrogens (tertiary/aromatic N) is 3. The van der Waals surface area contributed by atoms with Crippen LogP contribution in [0.5, 0.6) is 17.2 Å². The lowest BCUT2D eigenvalue weighted by Crippen LogP contribution is -2.29. The molecule has 188 valence electrons. The van der Waals surface area contributed by atoms with Crippen molar-refractivity contribution in [2.45, 2.75) is 12.1 Å². The van der Waals surface area contributed by atoms with Crippen LogP contribution in [0.4, 0.5) is 5.69 Å². The van der Waals surface area contributed by atoms with Crippen LogP contribution in [0.1, 0.15) is 23.3 Å². The Labute approximate surface area is 227 Å². The Hall–Kier alpha value is -4.62. The summed E-state index contributed by atoms with van der Waals surface area (Å²) >= 11 is 5.88. The van der Waals surface area contributed by atoms with Gasteiger partial charge in [-0.05, 0) is 96.6 Å². The maximum Gasteiger partial charge on any atom is 0.174 e. The van der Waals surface area contributed by atoms with Crippen molar-refractivity contribution in [3.8, 4) is 22.9 Å². The van der Waals surface area contributed by atoms with E-state index in [2.05, 4.69) is 50.4 Å². The van der Waals surface area contributed by atoms with Gasteiger partial charge in [-0.25, -0.2) is 0 Å². The van der Waals surface area contributed by atoms with Gasteiger partial charge in [-0.3, -0.25) is 4.98 Å². The SMILES string of the molecule is COc1ccc(Oc2ccc(N3C(=S)N[C@H](c4ccccn4)[C@@H]3c3ccn(-c4ccccc4)c3)cc2)cc1. The molecule has 1 fully saturated rings. The van der Waals surface area contributed by atoms with E-state index in [0.29, 0.717) is 5.11 Å². The highest BCUT2D eigenvalue weighted by Crippen LogP contribution is 2.42. The van der Waals surface area contributed by atoms with E-state index in [4.69, 9.17) is 21.7 Å². The fourth-order valence-electron chi connectivity index (χ4n) is 4.78. The van der Waals surface area contributed by atoms with E-state index in [-0.39, 0.29) is 12.1 Å². The first kappa shape index (κ1) is 23.8. The molecule has 1 aliphatic heterocycles. The summed E-state index contributed by atoms with van der Waals surface area (Å²) in [5, 5.41) is 4.18. The number of pyridine rings is 1. The lowest BCUT2D eigenvalue weighted by Gasteiger charge is -2.27. The average molecular weight is 519 g/mol. The Morgan fingerprint density at radius 2 is 1.45 bits per heavy atom. The smallest absolute Gasteiger partial charge is 0.174 e. The maximum absolute atomic E-state index is 6.04. The van der Waals surface area contributed by atoms with Crippen LogP contribution in [0.3, 0.4) is 0 Å². The molecule has 0 radical (unpaired) electrons. The van der Waals surface area contributed by atoms with Crippen molar-refractivity contribution >= 4 is 23.0 Å². The van der Waals surface area contributed by atoms with Crippen LogP contribution in [0.15, 0.2) is 122 Å². The van der Waals surface area contributed by atoms with Gasteiger partial charge in [0.1, 0.15) is 17.2 Å². The molecule has 0 saturated carbocycles. The Morgan fingerprint density at radius 1 is 0.763 bits per heavy atom. The molecule has 6 rings (SSSR count). The molecule has 5 aromatic rings. The third kappa shape index (κ3) is 4.71. The van der Waals surface area contributed by atoms with Crippen LogP contribution in [0.25, 0.3) is 5.69 Å². The van der Waals surface area contributed by atoms with Gasteiger partial charge in [0, 0.05) is 30.0 Å². The second-order valence-corrected chi connectivity index (χ2v) is 9.34. The highest BCUT2D eigenvalue weighted by molar-refractivity contribution is 7.80. The zero-order valence-electron chi connectivity index (χ0n) is 20.8. The van der Waals surface area contributed by atoms with Crippen molar-refractivity contribution in [1.82, 2.24) is 14.9 Å². The largest absolute Gasteiger partial charge is 0.497 e. The normalized spacial score (nSPS) is 16.8. The number of hydrogen-bond donors (Lipinski definition) is 1. The molecule has 2 atom stereocenters. The molecule has 3 aromatic carbocycles. The standard InChI is InChI=1S/C31H26N4O2S/c1-36-25-14-16-27(17-15-25)37-26-12-10-24(11-13-26)35-30(29(33-31(35)38)28-9-5-6-19-32-28)22-18-20-34(21-22)23-7-3-2-4-8-23/h2-21,29-30H,1H3,(H,33,38)/t29-,30+/m1/s1. The molecule has 6 nitrogen and oxygen atoms in total. The summed E-state index contributed by atoms with van der Waals surface area (Å²) in [7, 11) is 1.65. The summed E-state index contributed by atoms with van der Waals surface area (Å²) in [5.74, 6) is 2.27. The van der Waals surface area contributed by atoms with Gasteiger partial charge in [0.25, 0.3) is 0 Å². The van der Waals surface area contributed by atoms with Gasteiger partial charge < -0.3 is 24.3 Å². The number of anilines is 1. The fraction of sp³-hybridized carbons (Fsp3) is 0.0968. The lowest BCUT2D eigenvalue weighted by atomic mass is 9.98. The Bertz CT molecular complexity index is 1520. The van der Waals surface area contributed by atoms with E-state index in [0.717, 1.165) is 39.9 Å². The first-order valence-electron chi connectivity index (χ1n) is 12.4. The molecule has 0 bridgehead atoms. The average Bonchev–Trinajstić information content (AvgIpc) is 3.60. The minimum atomic E-state index is -0.106. The Balaban J connectivity index is 1.32. The summed E-state index contributed by atoms with van der Waals surface area (Å²) < 4.78 is 13.4. The molecule has 0 unspecified atom stereocenters. The summed E-state index contributed by atoms with van der Waals surface area (Å²) in [5.41, 5.74) is 4.15. The topological polar surface area (TPSA) is 51.6 Å². The van der Waals surface area contributed by atoms with Gasteiger partial charge in [0.05, 0.1) is 24.9 Å². The monoisotopic (exact) mass is 518 g/mol. The second kappa shape index (κ2) is 10.4. The summed E-state index contributed by atoms with van der Waals surface area (Å²) in [6, 6.07) is 33.7. The van der Waals surface area contributed by atoms with E-state index < -0.39 is 0 Å². The third-order valence-corrected chi connectivity index (χ3v) is 6.93. The van der Waals surface area contributed by atoms with Gasteiger partial charge >= 0.3 is 0 Å². The number of thiocarbonyl (C=S) groups is 1. The minimum Gasteiger partial charge on any atom is -0.497 e. The van der Waals surface area contributed by atoms with Crippen LogP contribution in [-0.4, -0.2) is 21.8 Å². The van der Waals surface area contributed by atoms with E-state index in [1.165, 1.54) is 0 Å². The molecule has 2 aromatic heterocycles. The summed E-state index contributed by atoms with van der Waals surface area (Å²) in [6.07, 6.45) is 6.07. The van der Waals surface area contributed by atoms with Crippen LogP contribution in [0, 0.1) is 0 Å². The number of para-hydroxylation sites is 1. The van der Waals surface area contributed by atoms with Gasteiger partial charge in [0.15, 0.2) is 5.11 Å². The molecule has 1 saturated heterocycles. The highest BCUT2D eigenvalue weighted by atomic mass is 32.1. The number of ether oxygens (including phenoxy) is 2. The zero-order chi connectivity index (χ0) is 25.9. The molecule has 7 heteroatoms. The number of methoxy groups -OCH3 is 1. The van der Waals surface area contributed by atoms with Crippen molar-refractivity contribution in [3.05, 3.63) is 133 Å². The molecule has 0 aliphatic carbocycles. The van der Waals surface area contributed by atoms with Crippen LogP contribution >= 0.6 is 12.2 Å². The van der Waals surface area contributed by atoms with Crippen LogP contribution in [-0.2, 0) is 0 Å². The van der Waals surface area contributed by atoms with Crippen molar-refractivity contribution in [2.24, 2.45) is 0 Å². The number of rotatable bonds is 7. The first-order chi connectivity index (χ1) is 18.7. The minimum absolute atomic E-state index is 0.0873. The molecule has 1 N–H and O–H groups in total. The Kier molecular flexibility index (Phi) is 6.50. The van der Waals surface area contributed by atoms with E-state index in [1.807, 2.05) is 91.1 Å². The molecule has 0 spiro atoms. The number of benzene rings is 3. The number of nitrogens with one attached hydrogen (secondary N) is 1. The summed E-state index contributed by atoms with van der Waals surface area (Å²) in [6.45, 7) is 0. The van der Waals surface area contributed by atoms with Crippen LogP contribution < -0.4 is 19.7 Å². The van der Waals surface area contributed by atoms with Crippen molar-refractivity contribution in [3.63, 3.8) is 0 Å². The number of aromatic nitrogens is 2. The molecule has 0 amide bonds. The predicted octanol–water partition coefficient (Wildman–Crippen LogP) is 6.85. The lowest BCUT2D eigenvalue weighted by molar-refractivity contribution is 0.413. The maximum atomic E-state index is 6.04. The molecular weight excluding hydrogens is 492 g/mol. The van der Waals surface area contributed by atoms with E-state index in [9.17, 15) is 0 Å². The van der Waals surface area contributed by atoms with Gasteiger partial charge in [0.2, 0.25) is 0 Å². The van der Waals surface area contributed by atoms with Crippen molar-refractivity contribution < 1.29 is 9.47 Å².